The van der Waals surface area contributed by atoms with Gasteiger partial charge in [0.15, 0.2) is 0 Å². The maximum Gasteiger partial charge on any atom is 0.309 e. The summed E-state index contributed by atoms with van der Waals surface area (Å²) in [7, 11) is 0. The fourth-order valence-corrected chi connectivity index (χ4v) is 1.84. The van der Waals surface area contributed by atoms with Gasteiger partial charge in [-0.2, -0.15) is 0 Å². The van der Waals surface area contributed by atoms with Crippen LogP contribution in [0.25, 0.3) is 0 Å². The van der Waals surface area contributed by atoms with E-state index in [1.807, 2.05) is 6.92 Å². The minimum atomic E-state index is -1.09. The molecule has 0 aromatic carbocycles. The first-order chi connectivity index (χ1) is 6.49. The summed E-state index contributed by atoms with van der Waals surface area (Å²) in [4.78, 5) is 10.8. The minimum absolute atomic E-state index is 0.00412. The zero-order valence-electron chi connectivity index (χ0n) is 8.69. The van der Waals surface area contributed by atoms with Crippen LogP contribution in [0.2, 0.25) is 0 Å². The topological polar surface area (TPSA) is 66.8 Å². The summed E-state index contributed by atoms with van der Waals surface area (Å²) in [6.45, 7) is 3.98. The van der Waals surface area contributed by atoms with E-state index in [-0.39, 0.29) is 6.10 Å². The van der Waals surface area contributed by atoms with Gasteiger partial charge in [-0.25, -0.2) is 0 Å². The van der Waals surface area contributed by atoms with Crippen molar-refractivity contribution in [2.24, 2.45) is 5.92 Å². The average molecular weight is 202 g/mol. The standard InChI is InChI=1S/C10H18O4/c1-3-8-6-10(13,4-5-14-8)7(2)9(11)12/h7-8,13H,3-6H2,1-2H3,(H,11,12). The van der Waals surface area contributed by atoms with Crippen molar-refractivity contribution < 1.29 is 19.7 Å². The number of hydrogen-bond acceptors (Lipinski definition) is 3. The Balaban J connectivity index is 2.67. The van der Waals surface area contributed by atoms with Gasteiger partial charge in [0.2, 0.25) is 0 Å². The molecule has 0 radical (unpaired) electrons. The van der Waals surface area contributed by atoms with Crippen molar-refractivity contribution >= 4 is 5.97 Å². The predicted octanol–water partition coefficient (Wildman–Crippen LogP) is 1.03. The van der Waals surface area contributed by atoms with Crippen LogP contribution in [0.15, 0.2) is 0 Å². The van der Waals surface area contributed by atoms with Crippen LogP contribution < -0.4 is 0 Å². The lowest BCUT2D eigenvalue weighted by Gasteiger charge is -2.39. The first kappa shape index (κ1) is 11.5. The van der Waals surface area contributed by atoms with Gasteiger partial charge >= 0.3 is 5.97 Å². The molecule has 1 aliphatic heterocycles. The van der Waals surface area contributed by atoms with Crippen molar-refractivity contribution in [2.45, 2.75) is 44.8 Å². The second-order valence-electron chi connectivity index (χ2n) is 4.02. The summed E-state index contributed by atoms with van der Waals surface area (Å²) >= 11 is 0. The second-order valence-corrected chi connectivity index (χ2v) is 4.02. The number of hydrogen-bond donors (Lipinski definition) is 2. The first-order valence-corrected chi connectivity index (χ1v) is 5.06. The molecular formula is C10H18O4. The molecule has 1 rings (SSSR count). The van der Waals surface area contributed by atoms with Gasteiger partial charge in [0.05, 0.1) is 17.6 Å². The third kappa shape index (κ3) is 2.25. The van der Waals surface area contributed by atoms with E-state index in [1.54, 1.807) is 6.92 Å². The van der Waals surface area contributed by atoms with Gasteiger partial charge in [0.1, 0.15) is 0 Å². The van der Waals surface area contributed by atoms with Crippen LogP contribution in [-0.4, -0.2) is 34.5 Å². The van der Waals surface area contributed by atoms with Crippen molar-refractivity contribution in [1.82, 2.24) is 0 Å². The van der Waals surface area contributed by atoms with E-state index in [4.69, 9.17) is 9.84 Å². The molecule has 3 unspecified atom stereocenters. The third-order valence-corrected chi connectivity index (χ3v) is 3.10. The molecular weight excluding hydrogens is 184 g/mol. The second kappa shape index (κ2) is 4.28. The van der Waals surface area contributed by atoms with E-state index >= 15 is 0 Å². The Labute approximate surface area is 83.9 Å². The molecule has 1 heterocycles. The van der Waals surface area contributed by atoms with Crippen LogP contribution in [0.5, 0.6) is 0 Å². The van der Waals surface area contributed by atoms with Crippen LogP contribution in [0.3, 0.4) is 0 Å². The van der Waals surface area contributed by atoms with E-state index in [1.165, 1.54) is 0 Å². The Morgan fingerprint density at radius 3 is 2.86 bits per heavy atom. The molecule has 4 nitrogen and oxygen atoms in total. The van der Waals surface area contributed by atoms with Crippen LogP contribution in [0.4, 0.5) is 0 Å². The normalized spacial score (nSPS) is 35.2. The van der Waals surface area contributed by atoms with Crippen LogP contribution in [-0.2, 0) is 9.53 Å². The maximum atomic E-state index is 10.8. The molecule has 0 aromatic heterocycles. The summed E-state index contributed by atoms with van der Waals surface area (Å²) in [5.41, 5.74) is -1.09. The summed E-state index contributed by atoms with van der Waals surface area (Å²) in [6, 6.07) is 0. The molecule has 1 fully saturated rings. The minimum Gasteiger partial charge on any atom is -0.481 e. The molecule has 82 valence electrons. The lowest BCUT2D eigenvalue weighted by atomic mass is 9.79. The predicted molar refractivity (Wildman–Crippen MR) is 51.0 cm³/mol. The van der Waals surface area contributed by atoms with Gasteiger partial charge in [-0.3, -0.25) is 4.79 Å². The number of aliphatic carboxylic acids is 1. The van der Waals surface area contributed by atoms with E-state index < -0.39 is 17.5 Å². The van der Waals surface area contributed by atoms with Crippen molar-refractivity contribution in [3.05, 3.63) is 0 Å². The van der Waals surface area contributed by atoms with Crippen molar-refractivity contribution in [3.63, 3.8) is 0 Å². The summed E-state index contributed by atoms with van der Waals surface area (Å²) in [6.07, 6.45) is 1.65. The molecule has 2 N–H and O–H groups in total. The van der Waals surface area contributed by atoms with E-state index in [0.717, 1.165) is 6.42 Å². The molecule has 0 aromatic rings. The zero-order valence-corrected chi connectivity index (χ0v) is 8.69. The monoisotopic (exact) mass is 202 g/mol. The van der Waals surface area contributed by atoms with Gasteiger partial charge in [0, 0.05) is 19.4 Å². The van der Waals surface area contributed by atoms with Crippen LogP contribution in [0, 0.1) is 5.92 Å². The summed E-state index contributed by atoms with van der Waals surface area (Å²) in [5, 5.41) is 19.0. The number of rotatable bonds is 3. The molecule has 0 amide bonds. The molecule has 3 atom stereocenters. The largest absolute Gasteiger partial charge is 0.481 e. The van der Waals surface area contributed by atoms with Crippen molar-refractivity contribution in [3.8, 4) is 0 Å². The molecule has 0 bridgehead atoms. The molecule has 0 aliphatic carbocycles. The highest BCUT2D eigenvalue weighted by Crippen LogP contribution is 2.32. The SMILES string of the molecule is CCC1CC(O)(C(C)C(=O)O)CCO1. The quantitative estimate of drug-likeness (QED) is 0.717. The number of aliphatic hydroxyl groups is 1. The Hall–Kier alpha value is -0.610. The Morgan fingerprint density at radius 1 is 1.71 bits per heavy atom. The number of carbonyl (C=O) groups is 1. The molecule has 14 heavy (non-hydrogen) atoms. The van der Waals surface area contributed by atoms with E-state index in [9.17, 15) is 9.90 Å². The fourth-order valence-electron chi connectivity index (χ4n) is 1.84. The van der Waals surface area contributed by atoms with E-state index in [2.05, 4.69) is 0 Å². The lowest BCUT2D eigenvalue weighted by Crippen LogP contribution is -2.48. The molecule has 0 spiro atoms. The average Bonchev–Trinajstić information content (AvgIpc) is 2.16. The number of carboxylic acid groups (broad SMARTS) is 1. The lowest BCUT2D eigenvalue weighted by molar-refractivity contribution is -0.165. The Morgan fingerprint density at radius 2 is 2.36 bits per heavy atom. The maximum absolute atomic E-state index is 10.8. The van der Waals surface area contributed by atoms with Crippen molar-refractivity contribution in [1.29, 1.82) is 0 Å². The first-order valence-electron chi connectivity index (χ1n) is 5.06. The van der Waals surface area contributed by atoms with E-state index in [0.29, 0.717) is 19.4 Å². The molecule has 4 heteroatoms. The third-order valence-electron chi connectivity index (χ3n) is 3.10. The molecule has 0 saturated carbocycles. The zero-order chi connectivity index (χ0) is 10.8. The van der Waals surface area contributed by atoms with Crippen molar-refractivity contribution in [2.75, 3.05) is 6.61 Å². The van der Waals surface area contributed by atoms with Crippen LogP contribution >= 0.6 is 0 Å². The summed E-state index contributed by atoms with van der Waals surface area (Å²) in [5.74, 6) is -1.66. The highest BCUT2D eigenvalue weighted by molar-refractivity contribution is 5.71. The summed E-state index contributed by atoms with van der Waals surface area (Å²) < 4.78 is 5.40. The van der Waals surface area contributed by atoms with Gasteiger partial charge in [0.25, 0.3) is 0 Å². The van der Waals surface area contributed by atoms with Gasteiger partial charge in [-0.15, -0.1) is 0 Å². The molecule has 1 aliphatic rings. The highest BCUT2D eigenvalue weighted by Gasteiger charge is 2.42. The van der Waals surface area contributed by atoms with Gasteiger partial charge < -0.3 is 14.9 Å². The van der Waals surface area contributed by atoms with Crippen LogP contribution in [0.1, 0.15) is 33.1 Å². The highest BCUT2D eigenvalue weighted by atomic mass is 16.5. The fraction of sp³-hybridized carbons (Fsp3) is 0.900. The number of carboxylic acids is 1. The smallest absolute Gasteiger partial charge is 0.309 e. The number of ether oxygens (including phenoxy) is 1. The molecule has 1 saturated heterocycles. The van der Waals surface area contributed by atoms with Gasteiger partial charge in [-0.05, 0) is 13.3 Å². The van der Waals surface area contributed by atoms with Gasteiger partial charge in [-0.1, -0.05) is 6.92 Å². The Bertz CT molecular complexity index is 216. The Kier molecular flexibility index (Phi) is 3.50.